The van der Waals surface area contributed by atoms with Gasteiger partial charge in [0.15, 0.2) is 5.13 Å². The van der Waals surface area contributed by atoms with E-state index in [1.807, 2.05) is 0 Å². The van der Waals surface area contributed by atoms with Gasteiger partial charge in [0.25, 0.3) is 0 Å². The minimum absolute atomic E-state index is 0.170. The Morgan fingerprint density at radius 3 is 2.88 bits per heavy atom. The zero-order valence-electron chi connectivity index (χ0n) is 13.4. The fourth-order valence-electron chi connectivity index (χ4n) is 2.92. The maximum atomic E-state index is 12.9. The first kappa shape index (κ1) is 17.1. The quantitative estimate of drug-likeness (QED) is 0.849. The molecule has 24 heavy (non-hydrogen) atoms. The Kier molecular flexibility index (Phi) is 4.70. The molecule has 3 heterocycles. The predicted molar refractivity (Wildman–Crippen MR) is 90.3 cm³/mol. The van der Waals surface area contributed by atoms with E-state index >= 15 is 0 Å². The van der Waals surface area contributed by atoms with Gasteiger partial charge in [0.2, 0.25) is 15.9 Å². The minimum Gasteiger partial charge on any atom is -0.302 e. The summed E-state index contributed by atoms with van der Waals surface area (Å²) in [5.74, 6) is -0.574. The van der Waals surface area contributed by atoms with Crippen molar-refractivity contribution < 1.29 is 13.2 Å². The average Bonchev–Trinajstić information content (AvgIpc) is 3.17. The lowest BCUT2D eigenvalue weighted by Crippen LogP contribution is -2.43. The molecule has 0 saturated carbocycles. The topological polar surface area (TPSA) is 108 Å². The monoisotopic (exact) mass is 369 g/mol. The molecule has 1 aliphatic heterocycles. The summed E-state index contributed by atoms with van der Waals surface area (Å²) >= 11 is 1.34. The Bertz CT molecular complexity index is 809. The molecule has 0 unspecified atom stereocenters. The van der Waals surface area contributed by atoms with Crippen LogP contribution in [0.5, 0.6) is 0 Å². The summed E-state index contributed by atoms with van der Waals surface area (Å²) in [6.45, 7) is 3.92. The van der Waals surface area contributed by atoms with Gasteiger partial charge in [-0.05, 0) is 26.7 Å². The number of hydrogen-bond acceptors (Lipinski definition) is 6. The summed E-state index contributed by atoms with van der Waals surface area (Å²) in [5.41, 5.74) is 0.962. The third-order valence-corrected chi connectivity index (χ3v) is 6.89. The number of carbonyl (C=O) groups is 1. The van der Waals surface area contributed by atoms with Crippen molar-refractivity contribution in [1.82, 2.24) is 19.5 Å². The van der Waals surface area contributed by atoms with Crippen LogP contribution in [-0.4, -0.2) is 46.9 Å². The predicted octanol–water partition coefficient (Wildman–Crippen LogP) is 1.52. The van der Waals surface area contributed by atoms with Crippen LogP contribution in [0.3, 0.4) is 0 Å². The highest BCUT2D eigenvalue weighted by atomic mass is 32.2. The van der Waals surface area contributed by atoms with Gasteiger partial charge in [0, 0.05) is 24.7 Å². The van der Waals surface area contributed by atoms with Gasteiger partial charge >= 0.3 is 0 Å². The molecule has 1 aliphatic rings. The second-order valence-electron chi connectivity index (χ2n) is 5.79. The van der Waals surface area contributed by atoms with E-state index < -0.39 is 10.0 Å². The van der Waals surface area contributed by atoms with Crippen LogP contribution in [0.2, 0.25) is 0 Å². The average molecular weight is 369 g/mol. The number of anilines is 1. The molecule has 10 heteroatoms. The molecular weight excluding hydrogens is 350 g/mol. The summed E-state index contributed by atoms with van der Waals surface area (Å²) < 4.78 is 27.2. The molecule has 8 nitrogen and oxygen atoms in total. The molecule has 0 spiro atoms. The Balaban J connectivity index is 1.77. The van der Waals surface area contributed by atoms with Crippen LogP contribution in [0.15, 0.2) is 16.5 Å². The van der Waals surface area contributed by atoms with E-state index in [4.69, 9.17) is 0 Å². The number of rotatable bonds is 4. The first-order valence-electron chi connectivity index (χ1n) is 7.61. The first-order valence-corrected chi connectivity index (χ1v) is 9.93. The summed E-state index contributed by atoms with van der Waals surface area (Å²) in [4.78, 5) is 16.6. The summed E-state index contributed by atoms with van der Waals surface area (Å²) in [7, 11) is -3.66. The molecule has 0 aliphatic carbocycles. The molecule has 0 bridgehead atoms. The van der Waals surface area contributed by atoms with Crippen LogP contribution in [0.4, 0.5) is 5.13 Å². The van der Waals surface area contributed by atoms with Gasteiger partial charge in [-0.3, -0.25) is 9.89 Å². The number of aromatic nitrogens is 3. The van der Waals surface area contributed by atoms with Crippen molar-refractivity contribution in [2.75, 3.05) is 18.4 Å². The molecule has 2 aromatic rings. The van der Waals surface area contributed by atoms with E-state index in [0.29, 0.717) is 35.9 Å². The van der Waals surface area contributed by atoms with Crippen molar-refractivity contribution >= 4 is 32.4 Å². The molecule has 3 rings (SSSR count). The largest absolute Gasteiger partial charge is 0.302 e. The second kappa shape index (κ2) is 6.61. The van der Waals surface area contributed by atoms with Crippen LogP contribution < -0.4 is 5.32 Å². The number of piperidine rings is 1. The molecule has 2 N–H and O–H groups in total. The van der Waals surface area contributed by atoms with E-state index in [1.165, 1.54) is 15.6 Å². The van der Waals surface area contributed by atoms with Crippen LogP contribution in [-0.2, 0) is 14.8 Å². The maximum Gasteiger partial charge on any atom is 0.246 e. The molecular formula is C14H19N5O3S2. The molecule has 0 radical (unpaired) electrons. The van der Waals surface area contributed by atoms with Crippen molar-refractivity contribution in [2.45, 2.75) is 31.6 Å². The summed E-state index contributed by atoms with van der Waals surface area (Å²) in [5, 5.41) is 11.7. The number of aromatic amines is 1. The van der Waals surface area contributed by atoms with Gasteiger partial charge in [-0.15, -0.1) is 11.3 Å². The van der Waals surface area contributed by atoms with Crippen molar-refractivity contribution in [3.8, 4) is 0 Å². The van der Waals surface area contributed by atoms with E-state index in [9.17, 15) is 13.2 Å². The lowest BCUT2D eigenvalue weighted by atomic mass is 9.99. The summed E-state index contributed by atoms with van der Waals surface area (Å²) in [6.07, 6.45) is 2.92. The SMILES string of the molecule is Cc1n[nH]c(C)c1S(=O)(=O)N1CCC[C@H](C(=O)Nc2nccs2)C1. The molecule has 0 aromatic carbocycles. The van der Waals surface area contributed by atoms with Crippen LogP contribution >= 0.6 is 11.3 Å². The molecule has 1 atom stereocenters. The highest BCUT2D eigenvalue weighted by molar-refractivity contribution is 7.89. The number of H-pyrrole nitrogens is 1. The van der Waals surface area contributed by atoms with Gasteiger partial charge in [0.1, 0.15) is 4.90 Å². The van der Waals surface area contributed by atoms with Crippen molar-refractivity contribution in [1.29, 1.82) is 0 Å². The van der Waals surface area contributed by atoms with Gasteiger partial charge in [-0.1, -0.05) is 0 Å². The van der Waals surface area contributed by atoms with Gasteiger partial charge in [-0.2, -0.15) is 9.40 Å². The van der Waals surface area contributed by atoms with Gasteiger partial charge in [-0.25, -0.2) is 13.4 Å². The molecule has 130 valence electrons. The number of nitrogens with one attached hydrogen (secondary N) is 2. The number of aryl methyl sites for hydroxylation is 2. The van der Waals surface area contributed by atoms with E-state index in [1.54, 1.807) is 25.4 Å². The fourth-order valence-corrected chi connectivity index (χ4v) is 5.30. The Morgan fingerprint density at radius 1 is 1.46 bits per heavy atom. The van der Waals surface area contributed by atoms with Crippen LogP contribution in [0.1, 0.15) is 24.2 Å². The zero-order chi connectivity index (χ0) is 17.3. The third kappa shape index (κ3) is 3.21. The van der Waals surface area contributed by atoms with E-state index in [0.717, 1.165) is 0 Å². The number of thiazole rings is 1. The maximum absolute atomic E-state index is 12.9. The minimum atomic E-state index is -3.66. The fraction of sp³-hybridized carbons (Fsp3) is 0.500. The lowest BCUT2D eigenvalue weighted by Gasteiger charge is -2.31. The third-order valence-electron chi connectivity index (χ3n) is 4.08. The Morgan fingerprint density at radius 2 is 2.25 bits per heavy atom. The standard InChI is InChI=1S/C14H19N5O3S2/c1-9-12(10(2)18-17-9)24(21,22)19-6-3-4-11(8-19)13(20)16-14-15-5-7-23-14/h5,7,11H,3-4,6,8H2,1-2H3,(H,17,18)(H,15,16,20)/t11-/m0/s1. The number of sulfonamides is 1. The Hall–Kier alpha value is -1.78. The zero-order valence-corrected chi connectivity index (χ0v) is 15.1. The number of carbonyl (C=O) groups excluding carboxylic acids is 1. The van der Waals surface area contributed by atoms with Gasteiger partial charge in [0.05, 0.1) is 17.3 Å². The first-order chi connectivity index (χ1) is 11.4. The molecule has 1 amide bonds. The van der Waals surface area contributed by atoms with Crippen LogP contribution in [0, 0.1) is 19.8 Å². The molecule has 1 saturated heterocycles. The molecule has 1 fully saturated rings. The van der Waals surface area contributed by atoms with E-state index in [2.05, 4.69) is 20.5 Å². The highest BCUT2D eigenvalue weighted by Gasteiger charge is 2.35. The lowest BCUT2D eigenvalue weighted by molar-refractivity contribution is -0.120. The number of hydrogen-bond donors (Lipinski definition) is 2. The van der Waals surface area contributed by atoms with Gasteiger partial charge < -0.3 is 5.32 Å². The normalized spacial score (nSPS) is 19.3. The van der Waals surface area contributed by atoms with Crippen molar-refractivity contribution in [3.05, 3.63) is 23.0 Å². The number of nitrogens with zero attached hydrogens (tertiary/aromatic N) is 3. The van der Waals surface area contributed by atoms with E-state index in [-0.39, 0.29) is 23.3 Å². The van der Waals surface area contributed by atoms with Crippen LogP contribution in [0.25, 0.3) is 0 Å². The molecule has 2 aromatic heterocycles. The smallest absolute Gasteiger partial charge is 0.246 e. The van der Waals surface area contributed by atoms with Crippen molar-refractivity contribution in [3.63, 3.8) is 0 Å². The highest BCUT2D eigenvalue weighted by Crippen LogP contribution is 2.27. The number of amides is 1. The van der Waals surface area contributed by atoms with Crippen molar-refractivity contribution in [2.24, 2.45) is 5.92 Å². The second-order valence-corrected chi connectivity index (χ2v) is 8.56. The Labute approximate surface area is 144 Å². The summed E-state index contributed by atoms with van der Waals surface area (Å²) in [6, 6.07) is 0.